The zero-order valence-corrected chi connectivity index (χ0v) is 61.1. The van der Waals surface area contributed by atoms with Crippen LogP contribution in [-0.2, 0) is 0 Å². The second-order valence-electron chi connectivity index (χ2n) is 28.3. The summed E-state index contributed by atoms with van der Waals surface area (Å²) < 4.78 is 16.3. The van der Waals surface area contributed by atoms with Gasteiger partial charge in [0.2, 0.25) is 0 Å². The van der Waals surface area contributed by atoms with Gasteiger partial charge in [-0.25, -0.2) is 19.9 Å². The number of ether oxygens (including phenoxy) is 1. The molecule has 1 N–H and O–H groups in total. The van der Waals surface area contributed by atoms with Crippen molar-refractivity contribution >= 4 is 81.6 Å². The van der Waals surface area contributed by atoms with Crippen LogP contribution in [0.25, 0.3) is 111 Å². The Balaban J connectivity index is 0.000000146. The summed E-state index contributed by atoms with van der Waals surface area (Å²) in [5.74, 6) is 6.06. The van der Waals surface area contributed by atoms with E-state index in [1.165, 1.54) is 61.0 Å². The number of pyridine rings is 2. The lowest BCUT2D eigenvalue weighted by molar-refractivity contribution is 0.476. The van der Waals surface area contributed by atoms with Crippen molar-refractivity contribution in [2.75, 3.05) is 0 Å². The topological polar surface area (TPSA) is 101 Å². The molecule has 10 nitrogen and oxygen atoms in total. The minimum absolute atomic E-state index is 0.256. The summed E-state index contributed by atoms with van der Waals surface area (Å²) in [6.07, 6.45) is 7.59. The van der Waals surface area contributed by atoms with Crippen LogP contribution in [0.1, 0.15) is 152 Å². The average molecular weight is 1390 g/mol. The van der Waals surface area contributed by atoms with Gasteiger partial charge in [-0.15, -0.1) is 0 Å². The summed E-state index contributed by atoms with van der Waals surface area (Å²) in [5, 5.41) is 14.9. The molecule has 101 heavy (non-hydrogen) atoms. The number of phenolic OH excluding ortho intramolecular Hbond substituents is 1. The van der Waals surface area contributed by atoms with E-state index in [-0.39, 0.29) is 5.75 Å². The first-order valence-corrected chi connectivity index (χ1v) is 36.1. The second-order valence-corrected chi connectivity index (χ2v) is 29.2. The summed E-state index contributed by atoms with van der Waals surface area (Å²) in [6.45, 7) is 27.4. The molecule has 0 aliphatic rings. The van der Waals surface area contributed by atoms with E-state index in [1.54, 1.807) is 6.07 Å². The molecule has 0 unspecified atom stereocenters. The maximum absolute atomic E-state index is 10.3. The highest BCUT2D eigenvalue weighted by atomic mass is 79.9. The SMILES string of the molecule is Brc1cccc(-n2cnc3ccccc32)c1.CC(C)c1cc(C(C)C)c(-c2ccnc(-n3c4ccccc4c4ccc(O)cc43)c2)c(C(C)C)c1.CC(C)c1cc(C(C)C)c(-c2ccnc(-n3c4ccccc4c4ccc(Oc5cccc(-n6cnc7ccccc76)c5)cc43)c2)c(C(C)C)c1. The molecular weight excluding hydrogens is 1300 g/mol. The van der Waals surface area contributed by atoms with Crippen molar-refractivity contribution in [1.82, 2.24) is 38.2 Å². The lowest BCUT2D eigenvalue weighted by Crippen LogP contribution is -2.05. The molecule has 504 valence electrons. The molecule has 0 fully saturated rings. The molecule has 0 aliphatic heterocycles. The molecule has 16 rings (SSSR count). The van der Waals surface area contributed by atoms with Crippen LogP contribution in [0.2, 0.25) is 0 Å². The number of hydrogen-bond donors (Lipinski definition) is 1. The number of aromatic nitrogens is 8. The van der Waals surface area contributed by atoms with Crippen molar-refractivity contribution in [3.8, 4) is 62.5 Å². The molecule has 0 saturated carbocycles. The quantitative estimate of drug-likeness (QED) is 0.116. The van der Waals surface area contributed by atoms with Gasteiger partial charge in [0.25, 0.3) is 0 Å². The minimum atomic E-state index is 0.256. The van der Waals surface area contributed by atoms with Crippen LogP contribution in [0.15, 0.2) is 260 Å². The van der Waals surface area contributed by atoms with Gasteiger partial charge in [-0.1, -0.05) is 196 Å². The van der Waals surface area contributed by atoms with Crippen LogP contribution in [0.4, 0.5) is 0 Å². The molecule has 10 aromatic carbocycles. The van der Waals surface area contributed by atoms with Gasteiger partial charge in [-0.05, 0) is 206 Å². The van der Waals surface area contributed by atoms with Crippen LogP contribution in [0, 0.1) is 0 Å². The molecule has 11 heteroatoms. The highest BCUT2D eigenvalue weighted by Crippen LogP contribution is 2.44. The summed E-state index contributed by atoms with van der Waals surface area (Å²) in [4.78, 5) is 18.8. The van der Waals surface area contributed by atoms with Gasteiger partial charge in [0.15, 0.2) is 0 Å². The van der Waals surface area contributed by atoms with Crippen molar-refractivity contribution in [3.05, 3.63) is 293 Å². The number of nitrogens with zero attached hydrogens (tertiary/aromatic N) is 8. The molecule has 0 amide bonds. The van der Waals surface area contributed by atoms with E-state index in [9.17, 15) is 5.11 Å². The third kappa shape index (κ3) is 13.3. The second kappa shape index (κ2) is 28.4. The van der Waals surface area contributed by atoms with Crippen LogP contribution < -0.4 is 4.74 Å². The Kier molecular flexibility index (Phi) is 18.9. The zero-order chi connectivity index (χ0) is 70.3. The molecule has 6 aromatic heterocycles. The number of phenols is 1. The molecule has 16 aromatic rings. The van der Waals surface area contributed by atoms with Crippen molar-refractivity contribution in [2.45, 2.75) is 119 Å². The number of rotatable bonds is 14. The maximum atomic E-state index is 10.3. The molecule has 0 saturated heterocycles. The van der Waals surface area contributed by atoms with Crippen molar-refractivity contribution < 1.29 is 9.84 Å². The first kappa shape index (κ1) is 67.3. The lowest BCUT2D eigenvalue weighted by atomic mass is 9.82. The molecule has 0 aliphatic carbocycles. The lowest BCUT2D eigenvalue weighted by Gasteiger charge is -2.23. The van der Waals surface area contributed by atoms with E-state index in [4.69, 9.17) is 14.7 Å². The largest absolute Gasteiger partial charge is 0.508 e. The van der Waals surface area contributed by atoms with E-state index < -0.39 is 0 Å². The summed E-state index contributed by atoms with van der Waals surface area (Å²) in [7, 11) is 0. The van der Waals surface area contributed by atoms with Gasteiger partial charge < -0.3 is 9.84 Å². The van der Waals surface area contributed by atoms with Gasteiger partial charge >= 0.3 is 0 Å². The maximum Gasteiger partial charge on any atom is 0.138 e. The number of benzene rings is 10. The first-order valence-electron chi connectivity index (χ1n) is 35.3. The van der Waals surface area contributed by atoms with Gasteiger partial charge in [0.05, 0.1) is 49.8 Å². The summed E-state index contributed by atoms with van der Waals surface area (Å²) in [6, 6.07) is 79.9. The van der Waals surface area contributed by atoms with Crippen LogP contribution in [-0.4, -0.2) is 43.3 Å². The number of fused-ring (bicyclic) bond motifs is 8. The minimum Gasteiger partial charge on any atom is -0.508 e. The predicted molar refractivity (Wildman–Crippen MR) is 424 cm³/mol. The number of halogens is 1. The van der Waals surface area contributed by atoms with Crippen LogP contribution in [0.5, 0.6) is 17.2 Å². The highest BCUT2D eigenvalue weighted by molar-refractivity contribution is 9.10. The summed E-state index contributed by atoms with van der Waals surface area (Å²) in [5.41, 5.74) is 23.9. The Hall–Kier alpha value is -10.9. The predicted octanol–water partition coefficient (Wildman–Crippen LogP) is 25.1. The molecule has 0 atom stereocenters. The fourth-order valence-electron chi connectivity index (χ4n) is 14.2. The zero-order valence-electron chi connectivity index (χ0n) is 59.5. The van der Waals surface area contributed by atoms with Crippen LogP contribution in [0.3, 0.4) is 0 Å². The molecule has 0 radical (unpaired) electrons. The third-order valence-electron chi connectivity index (χ3n) is 19.4. The van der Waals surface area contributed by atoms with Crippen LogP contribution >= 0.6 is 15.9 Å². The Morgan fingerprint density at radius 3 is 1.21 bits per heavy atom. The fraction of sp³-hybridized carbons (Fsp3) is 0.200. The normalized spacial score (nSPS) is 11.8. The standard InChI is InChI=1S/C45H42N4O.C32H34N2O.C13H9BrN2/c1-28(2)32-22-38(29(3)4)45(39(23-32)30(5)6)31-20-21-46-44(24-31)49-41-16-9-7-14-36(41)37-19-18-35(26-43(37)49)50-34-13-11-12-33(25-34)48-27-47-40-15-8-10-17-42(40)48;1-19(2)23-15-27(20(3)4)32(28(16-23)21(5)6)22-13-14-33-31(17-22)34-29-10-8-7-9-25(29)26-12-11-24(35)18-30(26)34;14-10-4-3-5-11(8-10)16-9-15-12-6-1-2-7-13(12)16/h7-30H,1-6H3;7-21,35H,1-6H3;1-9H. The average Bonchev–Trinajstić information content (AvgIpc) is 1.64. The number of aromatic hydroxyl groups is 1. The fourth-order valence-corrected chi connectivity index (χ4v) is 14.6. The monoisotopic (exact) mass is 1390 g/mol. The first-order chi connectivity index (χ1) is 48.9. The van der Waals surface area contributed by atoms with E-state index in [1.807, 2.05) is 97.8 Å². The molecule has 6 heterocycles. The van der Waals surface area contributed by atoms with Crippen molar-refractivity contribution in [1.29, 1.82) is 0 Å². The van der Waals surface area contributed by atoms with E-state index in [2.05, 4.69) is 279 Å². The third-order valence-corrected chi connectivity index (χ3v) is 19.9. The van der Waals surface area contributed by atoms with E-state index in [0.717, 1.165) is 99.3 Å². The molecule has 0 spiro atoms. The van der Waals surface area contributed by atoms with Gasteiger partial charge in [-0.3, -0.25) is 18.3 Å². The van der Waals surface area contributed by atoms with Crippen molar-refractivity contribution in [2.24, 2.45) is 0 Å². The van der Waals surface area contributed by atoms with Gasteiger partial charge in [0.1, 0.15) is 41.5 Å². The number of para-hydroxylation sites is 6. The Morgan fingerprint density at radius 1 is 0.337 bits per heavy atom. The van der Waals surface area contributed by atoms with Gasteiger partial charge in [-0.2, -0.15) is 0 Å². The highest BCUT2D eigenvalue weighted by Gasteiger charge is 2.24. The van der Waals surface area contributed by atoms with Crippen molar-refractivity contribution in [3.63, 3.8) is 0 Å². The number of hydrogen-bond acceptors (Lipinski definition) is 6. The summed E-state index contributed by atoms with van der Waals surface area (Å²) >= 11 is 3.48. The Bertz CT molecular complexity index is 5670. The molecular formula is C90H85BrN8O2. The Morgan fingerprint density at radius 2 is 0.743 bits per heavy atom. The van der Waals surface area contributed by atoms with E-state index in [0.29, 0.717) is 35.5 Å². The van der Waals surface area contributed by atoms with E-state index >= 15 is 0 Å². The smallest absolute Gasteiger partial charge is 0.138 e. The Labute approximate surface area is 600 Å². The van der Waals surface area contributed by atoms with Gasteiger partial charge in [0, 0.05) is 62.3 Å². The molecule has 0 bridgehead atoms. The number of imidazole rings is 2.